The van der Waals surface area contributed by atoms with E-state index in [0.717, 1.165) is 47.5 Å². The first-order valence-corrected chi connectivity index (χ1v) is 10.8. The zero-order valence-corrected chi connectivity index (χ0v) is 17.4. The van der Waals surface area contributed by atoms with E-state index < -0.39 is 0 Å². The van der Waals surface area contributed by atoms with Crippen LogP contribution in [0.25, 0.3) is 0 Å². The number of thioether (sulfide) groups is 1. The fourth-order valence-electron chi connectivity index (χ4n) is 3.39. The minimum Gasteiger partial charge on any atom is -0.326 e. The maximum atomic E-state index is 12.5. The number of anilines is 2. The molecule has 1 unspecified atom stereocenters. The van der Waals surface area contributed by atoms with Crippen molar-refractivity contribution in [2.24, 2.45) is 5.92 Å². The Kier molecular flexibility index (Phi) is 7.15. The topological polar surface area (TPSA) is 58.2 Å². The third-order valence-electron chi connectivity index (χ3n) is 5.08. The van der Waals surface area contributed by atoms with E-state index in [1.165, 1.54) is 18.2 Å². The molecule has 1 atom stereocenters. The molecule has 0 aromatic heterocycles. The van der Waals surface area contributed by atoms with Crippen molar-refractivity contribution >= 4 is 35.0 Å². The van der Waals surface area contributed by atoms with Gasteiger partial charge in [0.25, 0.3) is 0 Å². The van der Waals surface area contributed by atoms with Crippen LogP contribution < -0.4 is 10.6 Å². The number of benzene rings is 2. The minimum atomic E-state index is -0.245. The van der Waals surface area contributed by atoms with Crippen LogP contribution in [0.4, 0.5) is 11.4 Å². The van der Waals surface area contributed by atoms with E-state index in [4.69, 9.17) is 0 Å². The summed E-state index contributed by atoms with van der Waals surface area (Å²) < 4.78 is 0. The second-order valence-electron chi connectivity index (χ2n) is 7.47. The molecule has 0 aliphatic heterocycles. The van der Waals surface area contributed by atoms with Crippen LogP contribution in [0.3, 0.4) is 0 Å². The molecule has 2 aromatic rings. The molecule has 0 saturated heterocycles. The third-order valence-corrected chi connectivity index (χ3v) is 6.17. The Hall–Kier alpha value is -2.27. The molecule has 3 rings (SSSR count). The van der Waals surface area contributed by atoms with Gasteiger partial charge in [-0.15, -0.1) is 11.8 Å². The highest BCUT2D eigenvalue weighted by atomic mass is 32.2. The highest BCUT2D eigenvalue weighted by Gasteiger charge is 2.21. The van der Waals surface area contributed by atoms with E-state index >= 15 is 0 Å². The maximum absolute atomic E-state index is 12.5. The number of carbonyl (C=O) groups is 2. The van der Waals surface area contributed by atoms with E-state index in [1.807, 2.05) is 62.4 Å². The van der Waals surface area contributed by atoms with Gasteiger partial charge >= 0.3 is 0 Å². The summed E-state index contributed by atoms with van der Waals surface area (Å²) in [6, 6.07) is 15.5. The summed E-state index contributed by atoms with van der Waals surface area (Å²) in [5.41, 5.74) is 2.76. The van der Waals surface area contributed by atoms with Gasteiger partial charge in [0.15, 0.2) is 0 Å². The number of carbonyl (C=O) groups excluding carboxylic acids is 2. The van der Waals surface area contributed by atoms with Crippen LogP contribution in [0, 0.1) is 12.8 Å². The molecule has 0 bridgehead atoms. The van der Waals surface area contributed by atoms with Crippen molar-refractivity contribution in [1.82, 2.24) is 0 Å². The van der Waals surface area contributed by atoms with Crippen molar-refractivity contribution in [1.29, 1.82) is 0 Å². The van der Waals surface area contributed by atoms with Crippen LogP contribution in [0.15, 0.2) is 53.4 Å². The van der Waals surface area contributed by atoms with Crippen molar-refractivity contribution in [3.8, 4) is 0 Å². The number of hydrogen-bond acceptors (Lipinski definition) is 3. The normalized spacial score (nSPS) is 15.6. The van der Waals surface area contributed by atoms with Crippen molar-refractivity contribution < 1.29 is 9.59 Å². The van der Waals surface area contributed by atoms with Crippen LogP contribution in [-0.2, 0) is 9.59 Å². The molecule has 5 heteroatoms. The van der Waals surface area contributed by atoms with Crippen LogP contribution in [0.1, 0.15) is 44.6 Å². The van der Waals surface area contributed by atoms with Crippen molar-refractivity contribution in [3.05, 3.63) is 54.1 Å². The smallest absolute Gasteiger partial charge is 0.237 e. The average molecular weight is 397 g/mol. The van der Waals surface area contributed by atoms with E-state index in [1.54, 1.807) is 0 Å². The molecular formula is C23H28N2O2S. The summed E-state index contributed by atoms with van der Waals surface area (Å²) in [6.45, 7) is 3.91. The van der Waals surface area contributed by atoms with E-state index in [0.29, 0.717) is 0 Å². The van der Waals surface area contributed by atoms with E-state index in [9.17, 15) is 9.59 Å². The Bertz CT molecular complexity index is 814. The second-order valence-corrected chi connectivity index (χ2v) is 8.88. The van der Waals surface area contributed by atoms with Gasteiger partial charge in [0.2, 0.25) is 11.8 Å². The van der Waals surface area contributed by atoms with Gasteiger partial charge < -0.3 is 10.6 Å². The summed E-state index contributed by atoms with van der Waals surface area (Å²) in [5, 5.41) is 5.75. The molecule has 0 heterocycles. The van der Waals surface area contributed by atoms with E-state index in [2.05, 4.69) is 10.6 Å². The van der Waals surface area contributed by atoms with Crippen molar-refractivity contribution in [2.75, 3.05) is 10.6 Å². The highest BCUT2D eigenvalue weighted by molar-refractivity contribution is 8.00. The van der Waals surface area contributed by atoms with Gasteiger partial charge in [0.05, 0.1) is 5.25 Å². The van der Waals surface area contributed by atoms with Crippen LogP contribution >= 0.6 is 11.8 Å². The predicted octanol–water partition coefficient (Wildman–Crippen LogP) is 5.63. The summed E-state index contributed by atoms with van der Waals surface area (Å²) in [6.07, 6.45) is 5.48. The molecule has 1 aliphatic carbocycles. The Morgan fingerprint density at radius 3 is 2.39 bits per heavy atom. The SMILES string of the molecule is Cc1ccc(NC(=O)C(C)Sc2cccc(NC(=O)C3CCCCC3)c2)cc1. The third kappa shape index (κ3) is 5.86. The zero-order valence-electron chi connectivity index (χ0n) is 16.5. The molecule has 1 saturated carbocycles. The van der Waals surface area contributed by atoms with Gasteiger partial charge in [0.1, 0.15) is 0 Å². The monoisotopic (exact) mass is 396 g/mol. The molecular weight excluding hydrogens is 368 g/mol. The number of hydrogen-bond donors (Lipinski definition) is 2. The van der Waals surface area contributed by atoms with Crippen LogP contribution in [0.5, 0.6) is 0 Å². The Balaban J connectivity index is 1.56. The van der Waals surface area contributed by atoms with Crippen molar-refractivity contribution in [2.45, 2.75) is 56.1 Å². The largest absolute Gasteiger partial charge is 0.326 e. The van der Waals surface area contributed by atoms with Gasteiger partial charge in [-0.05, 0) is 57.0 Å². The van der Waals surface area contributed by atoms with Crippen LogP contribution in [0.2, 0.25) is 0 Å². The molecule has 4 nitrogen and oxygen atoms in total. The van der Waals surface area contributed by atoms with E-state index in [-0.39, 0.29) is 23.0 Å². The molecule has 2 aromatic carbocycles. The maximum Gasteiger partial charge on any atom is 0.237 e. The fraction of sp³-hybridized carbons (Fsp3) is 0.391. The summed E-state index contributed by atoms with van der Waals surface area (Å²) in [4.78, 5) is 25.9. The lowest BCUT2D eigenvalue weighted by atomic mass is 9.88. The molecule has 0 radical (unpaired) electrons. The Morgan fingerprint density at radius 2 is 1.68 bits per heavy atom. The number of aryl methyl sites for hydroxylation is 1. The first-order valence-electron chi connectivity index (χ1n) is 9.96. The number of rotatable bonds is 6. The van der Waals surface area contributed by atoms with Crippen LogP contribution in [-0.4, -0.2) is 17.1 Å². The standard InChI is InChI=1S/C23H28N2O2S/c1-16-11-13-19(14-12-16)24-22(26)17(2)28-21-10-6-9-20(15-21)25-23(27)18-7-4-3-5-8-18/h6,9-15,17-18H,3-5,7-8H2,1-2H3,(H,24,26)(H,25,27). The molecule has 1 fully saturated rings. The zero-order chi connectivity index (χ0) is 19.9. The predicted molar refractivity (Wildman–Crippen MR) is 117 cm³/mol. The summed E-state index contributed by atoms with van der Waals surface area (Å²) in [7, 11) is 0. The number of amides is 2. The first-order chi connectivity index (χ1) is 13.5. The van der Waals surface area contributed by atoms with Gasteiger partial charge in [0, 0.05) is 22.2 Å². The average Bonchev–Trinajstić information content (AvgIpc) is 2.70. The second kappa shape index (κ2) is 9.78. The highest BCUT2D eigenvalue weighted by Crippen LogP contribution is 2.28. The fourth-order valence-corrected chi connectivity index (χ4v) is 4.32. The molecule has 0 spiro atoms. The van der Waals surface area contributed by atoms with Gasteiger partial charge in [-0.2, -0.15) is 0 Å². The molecule has 28 heavy (non-hydrogen) atoms. The Morgan fingerprint density at radius 1 is 0.964 bits per heavy atom. The lowest BCUT2D eigenvalue weighted by Gasteiger charge is -2.21. The lowest BCUT2D eigenvalue weighted by Crippen LogP contribution is -2.24. The van der Waals surface area contributed by atoms with Gasteiger partial charge in [-0.1, -0.05) is 43.0 Å². The van der Waals surface area contributed by atoms with Crippen molar-refractivity contribution in [3.63, 3.8) is 0 Å². The molecule has 2 amide bonds. The summed E-state index contributed by atoms with van der Waals surface area (Å²) >= 11 is 1.49. The molecule has 1 aliphatic rings. The van der Waals surface area contributed by atoms with Gasteiger partial charge in [-0.25, -0.2) is 0 Å². The first kappa shape index (κ1) is 20.5. The Labute approximate surface area is 171 Å². The minimum absolute atomic E-state index is 0.0366. The quantitative estimate of drug-likeness (QED) is 0.622. The summed E-state index contributed by atoms with van der Waals surface area (Å²) in [5.74, 6) is 0.210. The lowest BCUT2D eigenvalue weighted by molar-refractivity contribution is -0.120. The molecule has 148 valence electrons. The molecule has 2 N–H and O–H groups in total. The number of nitrogens with one attached hydrogen (secondary N) is 2. The van der Waals surface area contributed by atoms with Gasteiger partial charge in [-0.3, -0.25) is 9.59 Å².